The zero-order valence-electron chi connectivity index (χ0n) is 15.1. The van der Waals surface area contributed by atoms with E-state index in [1.807, 2.05) is 31.2 Å². The van der Waals surface area contributed by atoms with Gasteiger partial charge in [-0.1, -0.05) is 35.9 Å². The molecule has 6 nitrogen and oxygen atoms in total. The van der Waals surface area contributed by atoms with Gasteiger partial charge in [-0.15, -0.1) is 0 Å². The van der Waals surface area contributed by atoms with Crippen LogP contribution in [0.5, 0.6) is 0 Å². The molecule has 27 heavy (non-hydrogen) atoms. The molecule has 0 unspecified atom stereocenters. The maximum Gasteiger partial charge on any atom is 0.335 e. The highest BCUT2D eigenvalue weighted by Crippen LogP contribution is 2.30. The Morgan fingerprint density at radius 1 is 1.00 bits per heavy atom. The minimum atomic E-state index is -0.943. The number of hydrogen-bond donors (Lipinski definition) is 2. The predicted molar refractivity (Wildman–Crippen MR) is 102 cm³/mol. The first-order valence-electron chi connectivity index (χ1n) is 8.95. The molecule has 2 amide bonds. The summed E-state index contributed by atoms with van der Waals surface area (Å²) in [5.74, 6) is -2.08. The molecule has 2 aromatic carbocycles. The average Bonchev–Trinajstić information content (AvgIpc) is 2.69. The second-order valence-corrected chi connectivity index (χ2v) is 6.78. The van der Waals surface area contributed by atoms with Gasteiger partial charge < -0.3 is 15.3 Å². The van der Waals surface area contributed by atoms with Crippen molar-refractivity contribution in [1.29, 1.82) is 0 Å². The van der Waals surface area contributed by atoms with Crippen LogP contribution >= 0.6 is 0 Å². The van der Waals surface area contributed by atoms with E-state index in [-0.39, 0.29) is 5.92 Å². The van der Waals surface area contributed by atoms with Crippen LogP contribution in [0, 0.1) is 6.92 Å². The number of amides is 2. The van der Waals surface area contributed by atoms with Crippen LogP contribution in [0.1, 0.15) is 40.2 Å². The smallest absolute Gasteiger partial charge is 0.335 e. The lowest BCUT2D eigenvalue weighted by molar-refractivity contribution is -0.143. The van der Waals surface area contributed by atoms with E-state index in [1.165, 1.54) is 4.90 Å². The Balaban J connectivity index is 1.60. The van der Waals surface area contributed by atoms with Crippen LogP contribution in [0.2, 0.25) is 0 Å². The van der Waals surface area contributed by atoms with Gasteiger partial charge in [-0.3, -0.25) is 9.59 Å². The Morgan fingerprint density at radius 2 is 1.63 bits per heavy atom. The summed E-state index contributed by atoms with van der Waals surface area (Å²) in [7, 11) is 0. The summed E-state index contributed by atoms with van der Waals surface area (Å²) in [5.41, 5.74) is 2.76. The number of nitrogens with zero attached hydrogens (tertiary/aromatic N) is 1. The van der Waals surface area contributed by atoms with Gasteiger partial charge >= 0.3 is 17.8 Å². The van der Waals surface area contributed by atoms with E-state index in [1.54, 1.807) is 24.3 Å². The number of aromatic carboxylic acids is 1. The number of hydrogen-bond acceptors (Lipinski definition) is 3. The predicted octanol–water partition coefficient (Wildman–Crippen LogP) is 3.04. The third kappa shape index (κ3) is 4.34. The van der Waals surface area contributed by atoms with E-state index in [2.05, 4.69) is 5.32 Å². The summed E-state index contributed by atoms with van der Waals surface area (Å²) < 4.78 is 0. The first-order chi connectivity index (χ1) is 13.0. The van der Waals surface area contributed by atoms with Crippen LogP contribution in [-0.2, 0) is 9.59 Å². The SMILES string of the molecule is Cc1ccc(NC(=O)C(=O)N2CCC(c3ccccc3C(=O)O)CC2)cc1. The molecule has 3 rings (SSSR count). The Kier molecular flexibility index (Phi) is 5.54. The van der Waals surface area contributed by atoms with Crippen LogP contribution in [0.25, 0.3) is 0 Å². The van der Waals surface area contributed by atoms with Gasteiger partial charge in [0.05, 0.1) is 5.56 Å². The van der Waals surface area contributed by atoms with E-state index in [0.717, 1.165) is 11.1 Å². The molecule has 1 fully saturated rings. The highest BCUT2D eigenvalue weighted by Gasteiger charge is 2.29. The van der Waals surface area contributed by atoms with Crippen molar-refractivity contribution in [2.24, 2.45) is 0 Å². The molecule has 0 saturated carbocycles. The molecule has 1 aliphatic heterocycles. The third-order valence-corrected chi connectivity index (χ3v) is 4.92. The Hall–Kier alpha value is -3.15. The molecule has 0 bridgehead atoms. The van der Waals surface area contributed by atoms with Crippen molar-refractivity contribution in [2.75, 3.05) is 18.4 Å². The largest absolute Gasteiger partial charge is 0.478 e. The molecule has 0 radical (unpaired) electrons. The fourth-order valence-electron chi connectivity index (χ4n) is 3.41. The molecule has 0 atom stereocenters. The second-order valence-electron chi connectivity index (χ2n) is 6.78. The van der Waals surface area contributed by atoms with E-state index in [0.29, 0.717) is 37.2 Å². The van der Waals surface area contributed by atoms with Gasteiger partial charge in [0.15, 0.2) is 0 Å². The van der Waals surface area contributed by atoms with Gasteiger partial charge in [-0.2, -0.15) is 0 Å². The third-order valence-electron chi connectivity index (χ3n) is 4.92. The lowest BCUT2D eigenvalue weighted by atomic mass is 9.86. The summed E-state index contributed by atoms with van der Waals surface area (Å²) in [6.45, 7) is 2.81. The molecule has 2 aromatic rings. The number of likely N-dealkylation sites (tertiary alicyclic amines) is 1. The van der Waals surface area contributed by atoms with Crippen molar-refractivity contribution >= 4 is 23.5 Å². The number of rotatable bonds is 3. The minimum Gasteiger partial charge on any atom is -0.478 e. The normalized spacial score (nSPS) is 14.6. The van der Waals surface area contributed by atoms with Gasteiger partial charge in [0.2, 0.25) is 0 Å². The Bertz CT molecular complexity index is 853. The number of carbonyl (C=O) groups is 3. The molecule has 1 saturated heterocycles. The lowest BCUT2D eigenvalue weighted by Crippen LogP contribution is -2.44. The number of carboxylic acid groups (broad SMARTS) is 1. The fourth-order valence-corrected chi connectivity index (χ4v) is 3.41. The quantitative estimate of drug-likeness (QED) is 0.818. The maximum absolute atomic E-state index is 12.4. The average molecular weight is 366 g/mol. The molecular weight excluding hydrogens is 344 g/mol. The summed E-state index contributed by atoms with van der Waals surface area (Å²) >= 11 is 0. The van der Waals surface area contributed by atoms with Crippen molar-refractivity contribution in [3.05, 3.63) is 65.2 Å². The molecule has 1 heterocycles. The number of nitrogens with one attached hydrogen (secondary N) is 1. The standard InChI is InChI=1S/C21H22N2O4/c1-14-6-8-16(9-7-14)22-19(24)20(25)23-12-10-15(11-13-23)17-4-2-3-5-18(17)21(26)27/h2-9,15H,10-13H2,1H3,(H,22,24)(H,26,27). The first kappa shape index (κ1) is 18.6. The van der Waals surface area contributed by atoms with Gasteiger partial charge in [0.25, 0.3) is 0 Å². The maximum atomic E-state index is 12.4. The number of anilines is 1. The number of aryl methyl sites for hydroxylation is 1. The van der Waals surface area contributed by atoms with Gasteiger partial charge in [-0.25, -0.2) is 4.79 Å². The molecule has 1 aliphatic rings. The number of carboxylic acids is 1. The number of piperidine rings is 1. The summed E-state index contributed by atoms with van der Waals surface area (Å²) in [4.78, 5) is 37.6. The minimum absolute atomic E-state index is 0.0708. The van der Waals surface area contributed by atoms with E-state index < -0.39 is 17.8 Å². The van der Waals surface area contributed by atoms with E-state index in [4.69, 9.17) is 0 Å². The number of benzene rings is 2. The van der Waals surface area contributed by atoms with Crippen molar-refractivity contribution < 1.29 is 19.5 Å². The topological polar surface area (TPSA) is 86.7 Å². The van der Waals surface area contributed by atoms with Gasteiger partial charge in [-0.05, 0) is 49.4 Å². The van der Waals surface area contributed by atoms with Crippen molar-refractivity contribution in [3.63, 3.8) is 0 Å². The van der Waals surface area contributed by atoms with Crippen molar-refractivity contribution in [2.45, 2.75) is 25.7 Å². The summed E-state index contributed by atoms with van der Waals surface area (Å²) in [6, 6.07) is 14.2. The second kappa shape index (κ2) is 8.03. The van der Waals surface area contributed by atoms with Crippen LogP contribution < -0.4 is 5.32 Å². The molecule has 0 aliphatic carbocycles. The van der Waals surface area contributed by atoms with E-state index in [9.17, 15) is 19.5 Å². The fraction of sp³-hybridized carbons (Fsp3) is 0.286. The van der Waals surface area contributed by atoms with Gasteiger partial charge in [0, 0.05) is 18.8 Å². The first-order valence-corrected chi connectivity index (χ1v) is 8.95. The van der Waals surface area contributed by atoms with Crippen LogP contribution in [0.3, 0.4) is 0 Å². The highest BCUT2D eigenvalue weighted by molar-refractivity contribution is 6.39. The van der Waals surface area contributed by atoms with Crippen LogP contribution in [0.4, 0.5) is 5.69 Å². The zero-order valence-corrected chi connectivity index (χ0v) is 15.1. The van der Waals surface area contributed by atoms with Crippen molar-refractivity contribution in [1.82, 2.24) is 4.90 Å². The van der Waals surface area contributed by atoms with Crippen molar-refractivity contribution in [3.8, 4) is 0 Å². The monoisotopic (exact) mass is 366 g/mol. The summed E-state index contributed by atoms with van der Waals surface area (Å²) in [6.07, 6.45) is 1.27. The van der Waals surface area contributed by atoms with Crippen LogP contribution in [-0.4, -0.2) is 40.9 Å². The summed E-state index contributed by atoms with van der Waals surface area (Å²) in [5, 5.41) is 12.0. The van der Waals surface area contributed by atoms with Gasteiger partial charge in [0.1, 0.15) is 0 Å². The molecule has 140 valence electrons. The molecular formula is C21H22N2O4. The Labute approximate surface area is 157 Å². The van der Waals surface area contributed by atoms with E-state index >= 15 is 0 Å². The molecule has 6 heteroatoms. The molecule has 2 N–H and O–H groups in total. The molecule has 0 aromatic heterocycles. The molecule has 0 spiro atoms. The number of carbonyl (C=O) groups excluding carboxylic acids is 2. The zero-order chi connectivity index (χ0) is 19.4. The highest BCUT2D eigenvalue weighted by atomic mass is 16.4. The Morgan fingerprint density at radius 3 is 2.26 bits per heavy atom. The lowest BCUT2D eigenvalue weighted by Gasteiger charge is -2.32. The van der Waals surface area contributed by atoms with Crippen LogP contribution in [0.15, 0.2) is 48.5 Å².